The minimum atomic E-state index is -0.628. The zero-order chi connectivity index (χ0) is 21.8. The van der Waals surface area contributed by atoms with Crippen LogP contribution in [0, 0.1) is 13.8 Å². The van der Waals surface area contributed by atoms with Crippen molar-refractivity contribution in [3.8, 4) is 5.69 Å². The molecule has 0 spiro atoms. The van der Waals surface area contributed by atoms with Crippen molar-refractivity contribution in [3.05, 3.63) is 77.1 Å². The number of nitrogens with one attached hydrogen (secondary N) is 2. The molecule has 0 saturated heterocycles. The second-order valence-electron chi connectivity index (χ2n) is 8.13. The number of aryl methyl sites for hydroxylation is 2. The van der Waals surface area contributed by atoms with Crippen LogP contribution in [0.5, 0.6) is 0 Å². The lowest BCUT2D eigenvalue weighted by Crippen LogP contribution is -2.42. The van der Waals surface area contributed by atoms with Gasteiger partial charge < -0.3 is 15.7 Å². The van der Waals surface area contributed by atoms with Gasteiger partial charge >= 0.3 is 6.03 Å². The summed E-state index contributed by atoms with van der Waals surface area (Å²) in [6.07, 6.45) is 0.361. The Morgan fingerprint density at radius 2 is 1.94 bits per heavy atom. The van der Waals surface area contributed by atoms with Gasteiger partial charge in [0.25, 0.3) is 0 Å². The highest BCUT2D eigenvalue weighted by Crippen LogP contribution is 2.19. The molecule has 2 heterocycles. The lowest BCUT2D eigenvalue weighted by molar-refractivity contribution is 0.106. The van der Waals surface area contributed by atoms with Gasteiger partial charge in [-0.15, -0.1) is 0 Å². The molecule has 1 unspecified atom stereocenters. The van der Waals surface area contributed by atoms with Crippen LogP contribution in [-0.4, -0.2) is 51.6 Å². The van der Waals surface area contributed by atoms with Crippen molar-refractivity contribution in [1.29, 1.82) is 0 Å². The van der Waals surface area contributed by atoms with Crippen molar-refractivity contribution in [1.82, 2.24) is 20.0 Å². The largest absolute Gasteiger partial charge is 0.390 e. The van der Waals surface area contributed by atoms with Gasteiger partial charge in [-0.05, 0) is 55.7 Å². The maximum atomic E-state index is 12.3. The van der Waals surface area contributed by atoms with E-state index >= 15 is 0 Å². The number of β-amino-alcohol motifs (C(OH)–C–C–N with tert-alkyl or cyclic N) is 1. The van der Waals surface area contributed by atoms with Crippen LogP contribution in [0.15, 0.2) is 54.6 Å². The van der Waals surface area contributed by atoms with Gasteiger partial charge in [-0.3, -0.25) is 4.90 Å². The molecule has 4 rings (SSSR count). The molecule has 0 bridgehead atoms. The number of aliphatic hydroxyl groups is 1. The minimum Gasteiger partial charge on any atom is -0.390 e. The molecule has 2 aromatic carbocycles. The minimum absolute atomic E-state index is 0.196. The van der Waals surface area contributed by atoms with Crippen LogP contribution in [-0.2, 0) is 13.0 Å². The van der Waals surface area contributed by atoms with Crippen molar-refractivity contribution < 1.29 is 9.90 Å². The number of carbonyl (C=O) groups excluding carboxylic acids is 1. The molecule has 1 atom stereocenters. The lowest BCUT2D eigenvalue weighted by atomic mass is 10.00. The molecule has 1 aliphatic rings. The molecule has 1 aromatic heterocycles. The van der Waals surface area contributed by atoms with Crippen LogP contribution >= 0.6 is 0 Å². The van der Waals surface area contributed by atoms with Crippen molar-refractivity contribution in [2.45, 2.75) is 32.9 Å². The van der Waals surface area contributed by atoms with Crippen molar-refractivity contribution in [3.63, 3.8) is 0 Å². The Bertz CT molecular complexity index is 1060. The highest BCUT2D eigenvalue weighted by atomic mass is 16.3. The van der Waals surface area contributed by atoms with Crippen molar-refractivity contribution in [2.24, 2.45) is 0 Å². The SMILES string of the molecule is Cc1cc(C)n(-c2cccc(NC(=O)NCC(O)CN3CCc4ccccc4C3)c2)n1. The van der Waals surface area contributed by atoms with E-state index in [1.54, 1.807) is 0 Å². The number of hydrogen-bond acceptors (Lipinski definition) is 4. The number of nitrogens with zero attached hydrogens (tertiary/aromatic N) is 3. The Morgan fingerprint density at radius 3 is 2.71 bits per heavy atom. The summed E-state index contributed by atoms with van der Waals surface area (Å²) >= 11 is 0. The molecular weight excluding hydrogens is 390 g/mol. The zero-order valence-electron chi connectivity index (χ0n) is 18.0. The molecule has 0 radical (unpaired) electrons. The Kier molecular flexibility index (Phi) is 6.34. The highest BCUT2D eigenvalue weighted by molar-refractivity contribution is 5.89. The molecule has 0 fully saturated rings. The Hall–Kier alpha value is -3.16. The fourth-order valence-corrected chi connectivity index (χ4v) is 4.06. The number of aromatic nitrogens is 2. The number of benzene rings is 2. The van der Waals surface area contributed by atoms with E-state index in [1.807, 2.05) is 48.9 Å². The summed E-state index contributed by atoms with van der Waals surface area (Å²) < 4.78 is 1.85. The number of fused-ring (bicyclic) bond motifs is 1. The molecule has 0 aliphatic carbocycles. The van der Waals surface area contributed by atoms with E-state index in [0.29, 0.717) is 12.2 Å². The molecule has 2 amide bonds. The zero-order valence-corrected chi connectivity index (χ0v) is 18.0. The number of anilines is 1. The van der Waals surface area contributed by atoms with Gasteiger partial charge in [0, 0.05) is 37.6 Å². The maximum Gasteiger partial charge on any atom is 0.319 e. The number of hydrogen-bond donors (Lipinski definition) is 3. The van der Waals surface area contributed by atoms with Gasteiger partial charge in [-0.1, -0.05) is 30.3 Å². The van der Waals surface area contributed by atoms with E-state index in [0.717, 1.165) is 36.6 Å². The molecule has 7 nitrogen and oxygen atoms in total. The van der Waals surface area contributed by atoms with Gasteiger partial charge in [-0.2, -0.15) is 5.10 Å². The fourth-order valence-electron chi connectivity index (χ4n) is 4.06. The highest BCUT2D eigenvalue weighted by Gasteiger charge is 2.18. The van der Waals surface area contributed by atoms with E-state index in [-0.39, 0.29) is 12.6 Å². The quantitative estimate of drug-likeness (QED) is 0.574. The third-order valence-electron chi connectivity index (χ3n) is 5.54. The van der Waals surface area contributed by atoms with Crippen LogP contribution in [0.2, 0.25) is 0 Å². The third-order valence-corrected chi connectivity index (χ3v) is 5.54. The van der Waals surface area contributed by atoms with Crippen molar-refractivity contribution in [2.75, 3.05) is 25.0 Å². The van der Waals surface area contributed by atoms with Crippen LogP contribution in [0.25, 0.3) is 5.69 Å². The number of carbonyl (C=O) groups is 1. The van der Waals surface area contributed by atoms with Gasteiger partial charge in [0.1, 0.15) is 0 Å². The first kappa shape index (κ1) is 21.1. The normalized spacial score (nSPS) is 14.7. The molecule has 7 heteroatoms. The van der Waals surface area contributed by atoms with Crippen LogP contribution in [0.1, 0.15) is 22.5 Å². The van der Waals surface area contributed by atoms with E-state index in [4.69, 9.17) is 0 Å². The van der Waals surface area contributed by atoms with Gasteiger partial charge in [0.05, 0.1) is 17.5 Å². The number of aliphatic hydroxyl groups excluding tert-OH is 1. The molecule has 31 heavy (non-hydrogen) atoms. The number of rotatable bonds is 6. The first-order valence-corrected chi connectivity index (χ1v) is 10.6. The van der Waals surface area contributed by atoms with Gasteiger partial charge in [0.2, 0.25) is 0 Å². The topological polar surface area (TPSA) is 82.4 Å². The third kappa shape index (κ3) is 5.31. The first-order chi connectivity index (χ1) is 15.0. The Balaban J connectivity index is 1.27. The first-order valence-electron chi connectivity index (χ1n) is 10.6. The van der Waals surface area contributed by atoms with Crippen LogP contribution in [0.3, 0.4) is 0 Å². The van der Waals surface area contributed by atoms with E-state index in [9.17, 15) is 9.90 Å². The summed E-state index contributed by atoms with van der Waals surface area (Å²) in [6, 6.07) is 17.6. The van der Waals surface area contributed by atoms with E-state index in [2.05, 4.69) is 44.9 Å². The fraction of sp³-hybridized carbons (Fsp3) is 0.333. The van der Waals surface area contributed by atoms with E-state index in [1.165, 1.54) is 11.1 Å². The number of urea groups is 1. The molecule has 1 aliphatic heterocycles. The monoisotopic (exact) mass is 419 g/mol. The van der Waals surface area contributed by atoms with E-state index < -0.39 is 6.10 Å². The van der Waals surface area contributed by atoms with Crippen LogP contribution < -0.4 is 10.6 Å². The standard InChI is InChI=1S/C24H29N5O2/c1-17-12-18(2)29(27-17)22-9-5-8-21(13-22)26-24(31)25-14-23(30)16-28-11-10-19-6-3-4-7-20(19)15-28/h3-9,12-13,23,30H,10-11,14-16H2,1-2H3,(H2,25,26,31). The predicted molar refractivity (Wildman–Crippen MR) is 121 cm³/mol. The molecule has 3 N–H and O–H groups in total. The predicted octanol–water partition coefficient (Wildman–Crippen LogP) is 3.03. The average Bonchev–Trinajstić information content (AvgIpc) is 3.10. The summed E-state index contributed by atoms with van der Waals surface area (Å²) in [6.45, 7) is 6.42. The number of amides is 2. The molecule has 3 aromatic rings. The summed E-state index contributed by atoms with van der Waals surface area (Å²) in [5, 5.41) is 20.5. The summed E-state index contributed by atoms with van der Waals surface area (Å²) in [7, 11) is 0. The van der Waals surface area contributed by atoms with Crippen molar-refractivity contribution >= 4 is 11.7 Å². The summed E-state index contributed by atoms with van der Waals surface area (Å²) in [5.74, 6) is 0. The molecule has 162 valence electrons. The second-order valence-corrected chi connectivity index (χ2v) is 8.13. The Labute approximate surface area is 182 Å². The summed E-state index contributed by atoms with van der Waals surface area (Å²) in [4.78, 5) is 14.5. The van der Waals surface area contributed by atoms with Gasteiger partial charge in [0.15, 0.2) is 0 Å². The smallest absolute Gasteiger partial charge is 0.319 e. The average molecular weight is 420 g/mol. The molecular formula is C24H29N5O2. The summed E-state index contributed by atoms with van der Waals surface area (Å²) in [5.41, 5.74) is 6.23. The lowest BCUT2D eigenvalue weighted by Gasteiger charge is -2.30. The second kappa shape index (κ2) is 9.32. The van der Waals surface area contributed by atoms with Gasteiger partial charge in [-0.25, -0.2) is 9.48 Å². The van der Waals surface area contributed by atoms with Crippen LogP contribution in [0.4, 0.5) is 10.5 Å². The molecule has 0 saturated carbocycles. The maximum absolute atomic E-state index is 12.3. The Morgan fingerprint density at radius 1 is 1.13 bits per heavy atom.